The number of rotatable bonds is 7. The Bertz CT molecular complexity index is 818. The maximum Gasteiger partial charge on any atom is 0.246 e. The van der Waals surface area contributed by atoms with Gasteiger partial charge in [0.2, 0.25) is 20.0 Å². The van der Waals surface area contributed by atoms with Gasteiger partial charge in [-0.2, -0.15) is 4.31 Å². The normalized spacial score (nSPS) is 19.3. The number of ether oxygens (including phenoxy) is 1. The largest absolute Gasteiger partial charge is 0.495 e. The first-order valence-electron chi connectivity index (χ1n) is 7.46. The number of benzene rings is 1. The van der Waals surface area contributed by atoms with Crippen molar-refractivity contribution in [2.45, 2.75) is 18.2 Å². The van der Waals surface area contributed by atoms with Crippen LogP contribution in [0.2, 0.25) is 0 Å². The lowest BCUT2D eigenvalue weighted by Crippen LogP contribution is -2.32. The predicted molar refractivity (Wildman–Crippen MR) is 91.7 cm³/mol. The van der Waals surface area contributed by atoms with E-state index >= 15 is 0 Å². The van der Waals surface area contributed by atoms with Crippen LogP contribution >= 0.6 is 0 Å². The van der Waals surface area contributed by atoms with Crippen LogP contribution in [-0.2, 0) is 20.0 Å². The number of aryl methyl sites for hydroxylation is 1. The van der Waals surface area contributed by atoms with E-state index in [1.165, 1.54) is 17.5 Å². The van der Waals surface area contributed by atoms with Crippen LogP contribution in [0, 0.1) is 12.8 Å². The average molecular weight is 374 g/mol. The molecule has 1 aromatic carbocycles. The van der Waals surface area contributed by atoms with Gasteiger partial charge < -0.3 is 4.74 Å². The van der Waals surface area contributed by atoms with E-state index in [0.29, 0.717) is 18.7 Å². The molecule has 1 saturated heterocycles. The van der Waals surface area contributed by atoms with Gasteiger partial charge in [0.25, 0.3) is 0 Å². The smallest absolute Gasteiger partial charge is 0.246 e. The van der Waals surface area contributed by atoms with Crippen LogP contribution < -0.4 is 9.46 Å². The summed E-state index contributed by atoms with van der Waals surface area (Å²) in [7, 11) is -5.75. The highest BCUT2D eigenvalue weighted by molar-refractivity contribution is 7.92. The van der Waals surface area contributed by atoms with Crippen LogP contribution in [0.25, 0.3) is 0 Å². The molecule has 24 heavy (non-hydrogen) atoms. The maximum absolute atomic E-state index is 12.8. The van der Waals surface area contributed by atoms with Gasteiger partial charge in [-0.3, -0.25) is 0 Å². The van der Waals surface area contributed by atoms with Crippen LogP contribution in [-0.4, -0.2) is 47.9 Å². The molecular weight excluding hydrogens is 352 g/mol. The van der Waals surface area contributed by atoms with Gasteiger partial charge in [0.1, 0.15) is 10.6 Å². The van der Waals surface area contributed by atoms with E-state index in [9.17, 15) is 16.8 Å². The fourth-order valence-electron chi connectivity index (χ4n) is 2.60. The molecule has 1 aliphatic rings. The summed E-state index contributed by atoms with van der Waals surface area (Å²) in [6.45, 7) is 5.88. The third-order valence-electron chi connectivity index (χ3n) is 3.98. The van der Waals surface area contributed by atoms with Gasteiger partial charge in [0.05, 0.1) is 7.11 Å². The van der Waals surface area contributed by atoms with Crippen molar-refractivity contribution < 1.29 is 21.6 Å². The number of methoxy groups -OCH3 is 1. The molecular formula is C15H22N2O5S2. The van der Waals surface area contributed by atoms with Gasteiger partial charge in [-0.1, -0.05) is 12.6 Å². The minimum absolute atomic E-state index is 0.0778. The molecule has 0 aliphatic carbocycles. The van der Waals surface area contributed by atoms with E-state index in [1.807, 2.05) is 6.92 Å². The number of sulfonamides is 2. The Morgan fingerprint density at radius 3 is 2.71 bits per heavy atom. The van der Waals surface area contributed by atoms with Crippen LogP contribution in [0.3, 0.4) is 0 Å². The van der Waals surface area contributed by atoms with Gasteiger partial charge in [0.15, 0.2) is 0 Å². The molecule has 1 N–H and O–H groups in total. The summed E-state index contributed by atoms with van der Waals surface area (Å²) in [5.41, 5.74) is 0.906. The molecule has 0 spiro atoms. The fraction of sp³-hybridized carbons (Fsp3) is 0.467. The van der Waals surface area contributed by atoms with Crippen molar-refractivity contribution >= 4 is 20.0 Å². The van der Waals surface area contributed by atoms with Crippen molar-refractivity contribution in [1.82, 2.24) is 9.03 Å². The highest BCUT2D eigenvalue weighted by Gasteiger charge is 2.34. The topological polar surface area (TPSA) is 92.8 Å². The van der Waals surface area contributed by atoms with Crippen molar-refractivity contribution in [3.8, 4) is 5.75 Å². The summed E-state index contributed by atoms with van der Waals surface area (Å²) < 4.78 is 57.4. The molecule has 0 saturated carbocycles. The van der Waals surface area contributed by atoms with E-state index in [1.54, 1.807) is 12.1 Å². The first-order chi connectivity index (χ1) is 11.2. The van der Waals surface area contributed by atoms with Crippen molar-refractivity contribution in [2.24, 2.45) is 5.92 Å². The average Bonchev–Trinajstić information content (AvgIpc) is 3.02. The lowest BCUT2D eigenvalue weighted by molar-refractivity contribution is 0.397. The van der Waals surface area contributed by atoms with E-state index in [4.69, 9.17) is 4.74 Å². The molecule has 0 aromatic heterocycles. The van der Waals surface area contributed by atoms with Crippen molar-refractivity contribution in [3.05, 3.63) is 35.7 Å². The van der Waals surface area contributed by atoms with E-state index in [0.717, 1.165) is 11.0 Å². The highest BCUT2D eigenvalue weighted by Crippen LogP contribution is 2.30. The molecule has 134 valence electrons. The third kappa shape index (κ3) is 4.15. The van der Waals surface area contributed by atoms with Crippen molar-refractivity contribution in [2.75, 3.05) is 26.7 Å². The summed E-state index contributed by atoms with van der Waals surface area (Å²) in [4.78, 5) is 0.128. The SMILES string of the molecule is C=CS(=O)(=O)NCC1CCN(S(=O)(=O)c2ccc(C)cc2OC)C1. The highest BCUT2D eigenvalue weighted by atomic mass is 32.2. The molecule has 0 bridgehead atoms. The summed E-state index contributed by atoms with van der Waals surface area (Å²) >= 11 is 0. The Morgan fingerprint density at radius 2 is 2.08 bits per heavy atom. The number of nitrogens with zero attached hydrogens (tertiary/aromatic N) is 1. The van der Waals surface area contributed by atoms with Gasteiger partial charge in [0, 0.05) is 25.0 Å². The van der Waals surface area contributed by atoms with Crippen molar-refractivity contribution in [3.63, 3.8) is 0 Å². The molecule has 1 fully saturated rings. The second-order valence-electron chi connectivity index (χ2n) is 5.73. The van der Waals surface area contributed by atoms with Crippen LogP contribution in [0.5, 0.6) is 5.75 Å². The van der Waals surface area contributed by atoms with Gasteiger partial charge in [-0.05, 0) is 37.0 Å². The summed E-state index contributed by atoms with van der Waals surface area (Å²) in [5, 5.41) is 0.841. The molecule has 1 heterocycles. The summed E-state index contributed by atoms with van der Waals surface area (Å²) in [6, 6.07) is 4.94. The summed E-state index contributed by atoms with van der Waals surface area (Å²) in [6.07, 6.45) is 0.590. The molecule has 7 nitrogen and oxygen atoms in total. The van der Waals surface area contributed by atoms with E-state index in [2.05, 4.69) is 11.3 Å². The first kappa shape index (κ1) is 18.9. The Kier molecular flexibility index (Phi) is 5.69. The minimum atomic E-state index is -3.68. The van der Waals surface area contributed by atoms with Crippen LogP contribution in [0.1, 0.15) is 12.0 Å². The predicted octanol–water partition coefficient (Wildman–Crippen LogP) is 1.08. The second kappa shape index (κ2) is 7.22. The van der Waals surface area contributed by atoms with Crippen LogP contribution in [0.4, 0.5) is 0 Å². The molecule has 1 aliphatic heterocycles. The number of nitrogens with one attached hydrogen (secondary N) is 1. The molecule has 1 aromatic rings. The third-order valence-corrected chi connectivity index (χ3v) is 6.89. The molecule has 9 heteroatoms. The number of hydrogen-bond donors (Lipinski definition) is 1. The van der Waals surface area contributed by atoms with Gasteiger partial charge >= 0.3 is 0 Å². The second-order valence-corrected chi connectivity index (χ2v) is 9.35. The zero-order valence-electron chi connectivity index (χ0n) is 13.7. The molecule has 1 unspecified atom stereocenters. The first-order valence-corrected chi connectivity index (χ1v) is 10.4. The molecule has 1 atom stereocenters. The number of hydrogen-bond acceptors (Lipinski definition) is 5. The molecule has 0 radical (unpaired) electrons. The molecule has 0 amide bonds. The van der Waals surface area contributed by atoms with Crippen molar-refractivity contribution in [1.29, 1.82) is 0 Å². The Labute approximate surface area is 143 Å². The quantitative estimate of drug-likeness (QED) is 0.771. The Morgan fingerprint density at radius 1 is 1.38 bits per heavy atom. The van der Waals surface area contributed by atoms with Gasteiger partial charge in [-0.25, -0.2) is 21.6 Å². The Balaban J connectivity index is 2.13. The fourth-order valence-corrected chi connectivity index (χ4v) is 4.86. The lowest BCUT2D eigenvalue weighted by atomic mass is 10.1. The lowest BCUT2D eigenvalue weighted by Gasteiger charge is -2.18. The standard InChI is InChI=1S/C15H22N2O5S2/c1-4-23(18,19)16-10-13-7-8-17(11-13)24(20,21)15-6-5-12(2)9-14(15)22-3/h4-6,9,13,16H,1,7-8,10-11H2,2-3H3. The Hall–Kier alpha value is -1.42. The zero-order valence-corrected chi connectivity index (χ0v) is 15.4. The van der Waals surface area contributed by atoms with E-state index in [-0.39, 0.29) is 23.9 Å². The molecule has 2 rings (SSSR count). The van der Waals surface area contributed by atoms with Gasteiger partial charge in [-0.15, -0.1) is 0 Å². The van der Waals surface area contributed by atoms with E-state index < -0.39 is 20.0 Å². The van der Waals surface area contributed by atoms with Crippen LogP contribution in [0.15, 0.2) is 35.1 Å². The maximum atomic E-state index is 12.8. The monoisotopic (exact) mass is 374 g/mol. The zero-order chi connectivity index (χ0) is 18.0. The minimum Gasteiger partial charge on any atom is -0.495 e. The summed E-state index contributed by atoms with van der Waals surface area (Å²) in [5.74, 6) is 0.233.